The van der Waals surface area contributed by atoms with Crippen molar-refractivity contribution in [1.82, 2.24) is 0 Å². The van der Waals surface area contributed by atoms with Crippen molar-refractivity contribution >= 4 is 34.1 Å². The third kappa shape index (κ3) is 8.22. The van der Waals surface area contributed by atoms with E-state index in [0.717, 1.165) is 43.4 Å². The Hall–Kier alpha value is -6.64. The second kappa shape index (κ2) is 18.5. The van der Waals surface area contributed by atoms with Crippen molar-refractivity contribution in [3.05, 3.63) is 226 Å². The third-order valence-corrected chi connectivity index (χ3v) is 18.0. The topological polar surface area (TPSA) is 6.48 Å². The van der Waals surface area contributed by atoms with Gasteiger partial charge in [-0.2, -0.15) is 0 Å². The number of nitrogens with zero attached hydrogens (tertiary/aromatic N) is 2. The first-order valence-electron chi connectivity index (χ1n) is 27.4. The molecule has 0 aliphatic heterocycles. The van der Waals surface area contributed by atoms with Gasteiger partial charge in [0.1, 0.15) is 0 Å². The zero-order valence-corrected chi connectivity index (χ0v) is 41.9. The summed E-state index contributed by atoms with van der Waals surface area (Å²) in [6.45, 7) is 4.86. The number of para-hydroxylation sites is 1. The van der Waals surface area contributed by atoms with Crippen molar-refractivity contribution < 1.29 is 0 Å². The van der Waals surface area contributed by atoms with Gasteiger partial charge >= 0.3 is 0 Å². The average Bonchev–Trinajstić information content (AvgIpc) is 4.03. The Kier molecular flexibility index (Phi) is 11.6. The number of hydrogen-bond acceptors (Lipinski definition) is 2. The minimum atomic E-state index is -0.156. The molecular weight excluding hydrogens is 857 g/mol. The van der Waals surface area contributed by atoms with Crippen LogP contribution in [0.1, 0.15) is 134 Å². The van der Waals surface area contributed by atoms with Gasteiger partial charge < -0.3 is 9.80 Å². The number of anilines is 6. The molecule has 71 heavy (non-hydrogen) atoms. The van der Waals surface area contributed by atoms with Crippen LogP contribution in [0.2, 0.25) is 0 Å². The molecular formula is C69H68N2. The van der Waals surface area contributed by atoms with E-state index in [-0.39, 0.29) is 5.41 Å². The molecule has 16 rings (SSSR count). The number of fused-ring (bicyclic) bond motifs is 5. The molecule has 3 fully saturated rings. The molecule has 0 heterocycles. The van der Waals surface area contributed by atoms with E-state index < -0.39 is 0 Å². The molecule has 2 heteroatoms. The fourth-order valence-electron chi connectivity index (χ4n) is 14.2. The lowest BCUT2D eigenvalue weighted by molar-refractivity contribution is 0.420. The minimum Gasteiger partial charge on any atom is -0.310 e. The molecule has 0 spiro atoms. The second-order valence-electron chi connectivity index (χ2n) is 22.5. The van der Waals surface area contributed by atoms with E-state index in [1.165, 1.54) is 160 Å². The first kappa shape index (κ1) is 44.3. The van der Waals surface area contributed by atoms with Crippen LogP contribution in [0, 0.1) is 11.8 Å². The molecule has 0 amide bonds. The molecule has 2 nitrogen and oxygen atoms in total. The van der Waals surface area contributed by atoms with E-state index in [0.29, 0.717) is 5.92 Å². The van der Waals surface area contributed by atoms with Gasteiger partial charge in [-0.25, -0.2) is 0 Å². The maximum atomic E-state index is 2.64. The maximum Gasteiger partial charge on any atom is 0.0496 e. The first-order chi connectivity index (χ1) is 34.9. The zero-order valence-electron chi connectivity index (χ0n) is 41.9. The van der Waals surface area contributed by atoms with Crippen molar-refractivity contribution in [2.75, 3.05) is 9.80 Å². The van der Waals surface area contributed by atoms with Gasteiger partial charge in [0.05, 0.1) is 0 Å². The number of aryl methyl sites for hydroxylation is 4. The Morgan fingerprint density at radius 2 is 1.00 bits per heavy atom. The molecule has 8 aliphatic rings. The highest BCUT2D eigenvalue weighted by atomic mass is 15.2. The summed E-state index contributed by atoms with van der Waals surface area (Å²) in [5, 5.41) is 0. The molecule has 3 unspecified atom stereocenters. The van der Waals surface area contributed by atoms with Gasteiger partial charge in [-0.05, 0) is 209 Å². The van der Waals surface area contributed by atoms with E-state index in [9.17, 15) is 0 Å². The second-order valence-corrected chi connectivity index (χ2v) is 22.5. The van der Waals surface area contributed by atoms with Crippen LogP contribution >= 0.6 is 0 Å². The van der Waals surface area contributed by atoms with E-state index in [4.69, 9.17) is 0 Å². The molecule has 354 valence electrons. The Bertz CT molecular complexity index is 3190. The zero-order chi connectivity index (χ0) is 47.5. The molecule has 0 saturated heterocycles. The highest BCUT2D eigenvalue weighted by molar-refractivity contribution is 5.96. The summed E-state index contributed by atoms with van der Waals surface area (Å²) < 4.78 is 0. The Morgan fingerprint density at radius 1 is 0.423 bits per heavy atom. The van der Waals surface area contributed by atoms with E-state index >= 15 is 0 Å². The lowest BCUT2D eigenvalue weighted by atomic mass is 9.81. The van der Waals surface area contributed by atoms with Gasteiger partial charge in [-0.15, -0.1) is 0 Å². The summed E-state index contributed by atoms with van der Waals surface area (Å²) in [7, 11) is 0. The molecule has 0 N–H and O–H groups in total. The van der Waals surface area contributed by atoms with Crippen LogP contribution in [0.3, 0.4) is 0 Å². The molecule has 0 aromatic heterocycles. The first-order valence-corrected chi connectivity index (χ1v) is 27.4. The Morgan fingerprint density at radius 3 is 1.62 bits per heavy atom. The van der Waals surface area contributed by atoms with Gasteiger partial charge in [-0.1, -0.05) is 167 Å². The van der Waals surface area contributed by atoms with Crippen LogP contribution in [0.25, 0.3) is 22.3 Å². The molecule has 6 bridgehead atoms. The van der Waals surface area contributed by atoms with E-state index in [1.54, 1.807) is 5.56 Å². The molecule has 3 saturated carbocycles. The molecule has 8 aromatic rings. The minimum absolute atomic E-state index is 0.156. The summed E-state index contributed by atoms with van der Waals surface area (Å²) in [6.07, 6.45) is 17.5. The molecule has 0 radical (unpaired) electrons. The summed E-state index contributed by atoms with van der Waals surface area (Å²) in [4.78, 5) is 5.18. The standard InChI is InChI=1S/C69H68N2/c1-69(2)64-22-14-13-21-61(64)68-63(52-17-9-5-10-18-52)45-60(46-65(68)69)71(59-37-33-51(34-38-59)50-15-7-3-4-8-16-50)67-44-48-24-29-54-28-23-47(25-30-55(67)31-26-48)43-66(54)70(57-19-11-6-12-20-57)58-39-35-53(36-40-58)62-42-49-27-32-56(62)41-49/h5-6,9-14,17-23,26,28,31,33-40,43-46,49-50,56,62H,3-4,7-8,15-16,24-25,27,29-30,32,41-42H2,1-2H3. The average molecular weight is 925 g/mol. The molecule has 3 atom stereocenters. The van der Waals surface area contributed by atoms with Crippen LogP contribution in [0.4, 0.5) is 34.1 Å². The Labute approximate surface area is 423 Å². The van der Waals surface area contributed by atoms with Gasteiger partial charge in [0.15, 0.2) is 0 Å². The molecule has 8 aromatic carbocycles. The summed E-state index contributed by atoms with van der Waals surface area (Å²) in [6, 6.07) is 70.9. The van der Waals surface area contributed by atoms with Crippen LogP contribution in [0.15, 0.2) is 182 Å². The fourth-order valence-corrected chi connectivity index (χ4v) is 14.2. The summed E-state index contributed by atoms with van der Waals surface area (Å²) in [5.74, 6) is 3.19. The van der Waals surface area contributed by atoms with Gasteiger partial charge in [0, 0.05) is 39.5 Å². The van der Waals surface area contributed by atoms with Gasteiger partial charge in [0.2, 0.25) is 0 Å². The number of rotatable bonds is 9. The normalized spacial score (nSPS) is 19.9. The highest BCUT2D eigenvalue weighted by Gasteiger charge is 2.41. The lowest BCUT2D eigenvalue weighted by Crippen LogP contribution is -2.18. The van der Waals surface area contributed by atoms with Crippen molar-refractivity contribution in [3.8, 4) is 22.3 Å². The highest BCUT2D eigenvalue weighted by Crippen LogP contribution is 2.56. The van der Waals surface area contributed by atoms with Gasteiger partial charge in [-0.3, -0.25) is 0 Å². The van der Waals surface area contributed by atoms with Crippen LogP contribution in [0.5, 0.6) is 0 Å². The monoisotopic (exact) mass is 925 g/mol. The van der Waals surface area contributed by atoms with Gasteiger partial charge in [0.25, 0.3) is 0 Å². The smallest absolute Gasteiger partial charge is 0.0496 e. The largest absolute Gasteiger partial charge is 0.310 e. The van der Waals surface area contributed by atoms with Crippen LogP contribution in [-0.4, -0.2) is 0 Å². The van der Waals surface area contributed by atoms with Crippen molar-refractivity contribution in [2.24, 2.45) is 11.8 Å². The fraction of sp³-hybridized carbons (Fsp3) is 0.304. The Balaban J connectivity index is 0.915. The summed E-state index contributed by atoms with van der Waals surface area (Å²) >= 11 is 0. The maximum absolute atomic E-state index is 2.64. The third-order valence-electron chi connectivity index (χ3n) is 18.0. The molecule has 8 aliphatic carbocycles. The van der Waals surface area contributed by atoms with E-state index in [2.05, 4.69) is 206 Å². The van der Waals surface area contributed by atoms with Crippen molar-refractivity contribution in [3.63, 3.8) is 0 Å². The van der Waals surface area contributed by atoms with Crippen LogP contribution < -0.4 is 9.80 Å². The number of hydrogen-bond donors (Lipinski definition) is 0. The lowest BCUT2D eigenvalue weighted by Gasteiger charge is -2.32. The number of benzene rings is 8. The van der Waals surface area contributed by atoms with Crippen molar-refractivity contribution in [1.29, 1.82) is 0 Å². The SMILES string of the molecule is CC1(C)c2ccccc2-c2c(-c3ccccc3)cc(N(c3ccc(C4CCCCCC4)cc3)c3cc4ccc3CCc3ccc(c(N(c5ccccc5)c5ccc(C6CC7CCC6C7)cc5)c3)CC4)cc21. The predicted molar refractivity (Wildman–Crippen MR) is 299 cm³/mol. The quantitative estimate of drug-likeness (QED) is 0.133. The predicted octanol–water partition coefficient (Wildman–Crippen LogP) is 18.8. The van der Waals surface area contributed by atoms with Crippen molar-refractivity contribution in [2.45, 2.75) is 121 Å². The van der Waals surface area contributed by atoms with Crippen LogP contribution in [-0.2, 0) is 31.1 Å². The summed E-state index contributed by atoms with van der Waals surface area (Å²) in [5.41, 5.74) is 24.0. The van der Waals surface area contributed by atoms with E-state index in [1.807, 2.05) is 0 Å².